The van der Waals surface area contributed by atoms with Crippen molar-refractivity contribution >= 4 is 28.3 Å². The van der Waals surface area contributed by atoms with E-state index in [9.17, 15) is 0 Å². The molecule has 1 saturated heterocycles. The fourth-order valence-corrected chi connectivity index (χ4v) is 2.24. The average molecular weight is 214 g/mol. The van der Waals surface area contributed by atoms with Gasteiger partial charge in [0.1, 0.15) is 4.32 Å². The molecule has 0 atom stereocenters. The average Bonchev–Trinajstić information content (AvgIpc) is 2.12. The number of thioether (sulfide) groups is 1. The minimum Gasteiger partial charge on any atom is -0.341 e. The van der Waals surface area contributed by atoms with Gasteiger partial charge in [0, 0.05) is 13.1 Å². The molecule has 1 heterocycles. The van der Waals surface area contributed by atoms with E-state index in [1.807, 2.05) is 12.2 Å². The Bertz CT molecular complexity index is 216. The molecule has 1 aliphatic rings. The van der Waals surface area contributed by atoms with Gasteiger partial charge in [0.15, 0.2) is 0 Å². The lowest BCUT2D eigenvalue weighted by molar-refractivity contribution is 0.242. The molecule has 0 spiro atoms. The molecule has 13 heavy (non-hydrogen) atoms. The number of thiocarbonyl (C=S) groups is 1. The predicted molar refractivity (Wildman–Crippen MR) is 63.7 cm³/mol. The minimum absolute atomic E-state index is 0.833. The summed E-state index contributed by atoms with van der Waals surface area (Å²) in [5.41, 5.74) is 0. The molecular formula is C9H14N2S2. The van der Waals surface area contributed by atoms with Gasteiger partial charge in [-0.3, -0.25) is 4.90 Å². The van der Waals surface area contributed by atoms with Crippen molar-refractivity contribution in [3.05, 3.63) is 25.3 Å². The third-order valence-corrected chi connectivity index (χ3v) is 3.35. The van der Waals surface area contributed by atoms with Crippen molar-refractivity contribution in [2.24, 2.45) is 0 Å². The SMILES string of the molecule is C=CCN1CSC(=S)N(CC=C)C1. The van der Waals surface area contributed by atoms with E-state index in [0.717, 1.165) is 30.0 Å². The number of rotatable bonds is 4. The van der Waals surface area contributed by atoms with Crippen molar-refractivity contribution in [2.45, 2.75) is 0 Å². The summed E-state index contributed by atoms with van der Waals surface area (Å²) in [5, 5.41) is 0. The van der Waals surface area contributed by atoms with Gasteiger partial charge in [0.25, 0.3) is 0 Å². The van der Waals surface area contributed by atoms with Crippen LogP contribution in [0.25, 0.3) is 0 Å². The highest BCUT2D eigenvalue weighted by atomic mass is 32.2. The number of nitrogens with zero attached hydrogens (tertiary/aromatic N) is 2. The molecule has 0 bridgehead atoms. The fraction of sp³-hybridized carbons (Fsp3) is 0.444. The maximum absolute atomic E-state index is 5.22. The van der Waals surface area contributed by atoms with Gasteiger partial charge in [0.05, 0.1) is 12.5 Å². The van der Waals surface area contributed by atoms with Gasteiger partial charge in [-0.05, 0) is 0 Å². The Morgan fingerprint density at radius 3 is 2.69 bits per heavy atom. The first-order valence-electron chi connectivity index (χ1n) is 4.13. The molecule has 0 aromatic carbocycles. The zero-order valence-electron chi connectivity index (χ0n) is 7.61. The van der Waals surface area contributed by atoms with Crippen LogP contribution < -0.4 is 0 Å². The Hall–Kier alpha value is -0.320. The number of hydrogen-bond donors (Lipinski definition) is 0. The van der Waals surface area contributed by atoms with Crippen molar-refractivity contribution in [1.29, 1.82) is 0 Å². The monoisotopic (exact) mass is 214 g/mol. The molecule has 1 aliphatic heterocycles. The summed E-state index contributed by atoms with van der Waals surface area (Å²) in [6.07, 6.45) is 3.80. The zero-order chi connectivity index (χ0) is 9.68. The Kier molecular flexibility index (Phi) is 4.48. The largest absolute Gasteiger partial charge is 0.341 e. The molecule has 0 amide bonds. The highest BCUT2D eigenvalue weighted by Gasteiger charge is 2.19. The van der Waals surface area contributed by atoms with E-state index in [1.54, 1.807) is 11.8 Å². The highest BCUT2D eigenvalue weighted by Crippen LogP contribution is 2.17. The van der Waals surface area contributed by atoms with Gasteiger partial charge in [-0.2, -0.15) is 0 Å². The summed E-state index contributed by atoms with van der Waals surface area (Å²) in [6.45, 7) is 10.1. The molecule has 72 valence electrons. The molecule has 4 heteroatoms. The van der Waals surface area contributed by atoms with Gasteiger partial charge in [-0.1, -0.05) is 36.1 Å². The van der Waals surface area contributed by atoms with Gasteiger partial charge in [0.2, 0.25) is 0 Å². The second-order valence-electron chi connectivity index (χ2n) is 2.83. The maximum Gasteiger partial charge on any atom is 0.138 e. The second-order valence-corrected chi connectivity index (χ2v) is 4.41. The molecule has 0 saturated carbocycles. The normalized spacial score (nSPS) is 18.8. The summed E-state index contributed by atoms with van der Waals surface area (Å²) >= 11 is 6.92. The van der Waals surface area contributed by atoms with Gasteiger partial charge < -0.3 is 4.90 Å². The molecule has 0 radical (unpaired) electrons. The van der Waals surface area contributed by atoms with E-state index in [0.29, 0.717) is 0 Å². The summed E-state index contributed by atoms with van der Waals surface area (Å²) < 4.78 is 0.972. The van der Waals surface area contributed by atoms with Crippen molar-refractivity contribution < 1.29 is 0 Å². The highest BCUT2D eigenvalue weighted by molar-refractivity contribution is 8.22. The summed E-state index contributed by atoms with van der Waals surface area (Å²) in [7, 11) is 0. The summed E-state index contributed by atoms with van der Waals surface area (Å²) in [5.74, 6) is 0.971. The van der Waals surface area contributed by atoms with Crippen LogP contribution in [0.4, 0.5) is 0 Å². The van der Waals surface area contributed by atoms with Crippen molar-refractivity contribution in [3.63, 3.8) is 0 Å². The molecular weight excluding hydrogens is 200 g/mol. The van der Waals surface area contributed by atoms with E-state index in [4.69, 9.17) is 12.2 Å². The van der Waals surface area contributed by atoms with Crippen LogP contribution in [0.15, 0.2) is 25.3 Å². The Morgan fingerprint density at radius 1 is 1.38 bits per heavy atom. The molecule has 0 N–H and O–H groups in total. The van der Waals surface area contributed by atoms with E-state index < -0.39 is 0 Å². The van der Waals surface area contributed by atoms with E-state index in [2.05, 4.69) is 23.0 Å². The van der Waals surface area contributed by atoms with Gasteiger partial charge >= 0.3 is 0 Å². The number of hydrogen-bond acceptors (Lipinski definition) is 3. The van der Waals surface area contributed by atoms with Gasteiger partial charge in [-0.15, -0.1) is 13.2 Å². The molecule has 1 fully saturated rings. The Balaban J connectivity index is 2.46. The van der Waals surface area contributed by atoms with Crippen LogP contribution in [-0.4, -0.2) is 39.8 Å². The van der Waals surface area contributed by atoms with Crippen LogP contribution in [0.3, 0.4) is 0 Å². The lowest BCUT2D eigenvalue weighted by Gasteiger charge is -2.35. The minimum atomic E-state index is 0.833. The van der Waals surface area contributed by atoms with Crippen molar-refractivity contribution in [1.82, 2.24) is 9.80 Å². The molecule has 0 aliphatic carbocycles. The molecule has 2 nitrogen and oxygen atoms in total. The first-order valence-corrected chi connectivity index (χ1v) is 5.53. The zero-order valence-corrected chi connectivity index (χ0v) is 9.24. The summed E-state index contributed by atoms with van der Waals surface area (Å²) in [6, 6.07) is 0. The fourth-order valence-electron chi connectivity index (χ4n) is 1.16. The maximum atomic E-state index is 5.22. The molecule has 0 unspecified atom stereocenters. The van der Waals surface area contributed by atoms with E-state index in [-0.39, 0.29) is 0 Å². The molecule has 0 aromatic heterocycles. The standard InChI is InChI=1S/C9H14N2S2/c1-3-5-10-7-11(6-4-2)9(12)13-8-10/h3-4H,1-2,5-8H2. The van der Waals surface area contributed by atoms with Crippen LogP contribution in [0.1, 0.15) is 0 Å². The van der Waals surface area contributed by atoms with Crippen LogP contribution in [0.5, 0.6) is 0 Å². The lowest BCUT2D eigenvalue weighted by Crippen LogP contribution is -2.44. The smallest absolute Gasteiger partial charge is 0.138 e. The second kappa shape index (κ2) is 5.42. The van der Waals surface area contributed by atoms with E-state index >= 15 is 0 Å². The molecule has 1 rings (SSSR count). The first-order chi connectivity index (χ1) is 6.27. The van der Waals surface area contributed by atoms with Crippen molar-refractivity contribution in [3.8, 4) is 0 Å². The van der Waals surface area contributed by atoms with Crippen LogP contribution >= 0.6 is 24.0 Å². The predicted octanol–water partition coefficient (Wildman–Crippen LogP) is 1.91. The first kappa shape index (κ1) is 10.8. The lowest BCUT2D eigenvalue weighted by atomic mass is 10.5. The van der Waals surface area contributed by atoms with Crippen LogP contribution in [0, 0.1) is 0 Å². The van der Waals surface area contributed by atoms with Gasteiger partial charge in [-0.25, -0.2) is 0 Å². The Morgan fingerprint density at radius 2 is 2.08 bits per heavy atom. The Labute approximate surface area is 89.3 Å². The van der Waals surface area contributed by atoms with Crippen LogP contribution in [-0.2, 0) is 0 Å². The molecule has 0 aromatic rings. The van der Waals surface area contributed by atoms with Crippen LogP contribution in [0.2, 0.25) is 0 Å². The summed E-state index contributed by atoms with van der Waals surface area (Å²) in [4.78, 5) is 4.43. The quantitative estimate of drug-likeness (QED) is 0.521. The third-order valence-electron chi connectivity index (χ3n) is 1.74. The third kappa shape index (κ3) is 3.14. The van der Waals surface area contributed by atoms with E-state index in [1.165, 1.54) is 0 Å². The topological polar surface area (TPSA) is 6.48 Å². The van der Waals surface area contributed by atoms with Crippen molar-refractivity contribution in [2.75, 3.05) is 25.6 Å².